The molecule has 1 aliphatic carbocycles. The Hall–Kier alpha value is -2.64. The SMILES string of the molecule is Cc1sc(NC(=O)C(C)Sc2ccc(NC(=O)C3CC3)cc2)nc1-c1ccccc1. The average Bonchev–Trinajstić information content (AvgIpc) is 3.53. The maximum atomic E-state index is 12.6. The molecule has 0 bridgehead atoms. The van der Waals surface area contributed by atoms with Crippen molar-refractivity contribution in [3.8, 4) is 11.3 Å². The second-order valence-corrected chi connectivity index (χ2v) is 9.94. The van der Waals surface area contributed by atoms with Gasteiger partial charge in [0, 0.05) is 26.9 Å². The molecular weight excluding hydrogens is 414 g/mol. The second-order valence-electron chi connectivity index (χ2n) is 7.33. The minimum absolute atomic E-state index is 0.0838. The Labute approximate surface area is 184 Å². The third kappa shape index (κ3) is 5.09. The number of benzene rings is 2. The fraction of sp³-hybridized carbons (Fsp3) is 0.261. The van der Waals surface area contributed by atoms with Crippen LogP contribution >= 0.6 is 23.1 Å². The Bertz CT molecular complexity index is 1040. The van der Waals surface area contributed by atoms with E-state index in [2.05, 4.69) is 15.6 Å². The van der Waals surface area contributed by atoms with Crippen molar-refractivity contribution in [2.45, 2.75) is 36.8 Å². The number of thioether (sulfide) groups is 1. The van der Waals surface area contributed by atoms with Crippen molar-refractivity contribution in [2.75, 3.05) is 10.6 Å². The molecule has 1 unspecified atom stereocenters. The van der Waals surface area contributed by atoms with Gasteiger partial charge < -0.3 is 10.6 Å². The molecule has 7 heteroatoms. The highest BCUT2D eigenvalue weighted by Gasteiger charge is 2.29. The van der Waals surface area contributed by atoms with Gasteiger partial charge in [0.25, 0.3) is 0 Å². The zero-order valence-electron chi connectivity index (χ0n) is 16.8. The van der Waals surface area contributed by atoms with Crippen molar-refractivity contribution in [3.63, 3.8) is 0 Å². The molecule has 2 aromatic carbocycles. The summed E-state index contributed by atoms with van der Waals surface area (Å²) in [4.78, 5) is 31.1. The molecule has 0 saturated heterocycles. The predicted molar refractivity (Wildman–Crippen MR) is 124 cm³/mol. The van der Waals surface area contributed by atoms with Gasteiger partial charge >= 0.3 is 0 Å². The Balaban J connectivity index is 1.34. The number of carbonyl (C=O) groups excluding carboxylic acids is 2. The lowest BCUT2D eigenvalue weighted by molar-refractivity contribution is -0.117. The van der Waals surface area contributed by atoms with Gasteiger partial charge in [-0.05, 0) is 51.0 Å². The van der Waals surface area contributed by atoms with Gasteiger partial charge in [0.05, 0.1) is 10.9 Å². The molecule has 154 valence electrons. The van der Waals surface area contributed by atoms with E-state index in [1.807, 2.05) is 68.4 Å². The molecule has 1 aliphatic rings. The van der Waals surface area contributed by atoms with Gasteiger partial charge in [-0.3, -0.25) is 9.59 Å². The molecule has 1 heterocycles. The van der Waals surface area contributed by atoms with Crippen LogP contribution in [0.1, 0.15) is 24.6 Å². The molecule has 0 spiro atoms. The van der Waals surface area contributed by atoms with Crippen molar-refractivity contribution in [3.05, 3.63) is 59.5 Å². The van der Waals surface area contributed by atoms with Crippen LogP contribution in [0.5, 0.6) is 0 Å². The molecule has 4 rings (SSSR count). The minimum Gasteiger partial charge on any atom is -0.326 e. The number of anilines is 2. The third-order valence-electron chi connectivity index (χ3n) is 4.83. The quantitative estimate of drug-likeness (QED) is 0.473. The number of nitrogens with zero attached hydrogens (tertiary/aromatic N) is 1. The monoisotopic (exact) mass is 437 g/mol. The molecule has 1 fully saturated rings. The van der Waals surface area contributed by atoms with Crippen LogP contribution in [0.15, 0.2) is 59.5 Å². The van der Waals surface area contributed by atoms with Gasteiger partial charge in [-0.2, -0.15) is 0 Å². The van der Waals surface area contributed by atoms with Crippen molar-refractivity contribution in [1.29, 1.82) is 0 Å². The first-order chi connectivity index (χ1) is 14.5. The maximum Gasteiger partial charge on any atom is 0.239 e. The summed E-state index contributed by atoms with van der Waals surface area (Å²) in [6, 6.07) is 17.6. The fourth-order valence-electron chi connectivity index (χ4n) is 2.99. The number of thiazole rings is 1. The molecule has 30 heavy (non-hydrogen) atoms. The van der Waals surface area contributed by atoms with Gasteiger partial charge in [-0.1, -0.05) is 30.3 Å². The highest BCUT2D eigenvalue weighted by molar-refractivity contribution is 8.00. The zero-order valence-corrected chi connectivity index (χ0v) is 18.5. The van der Waals surface area contributed by atoms with Crippen LogP contribution in [-0.4, -0.2) is 22.0 Å². The normalized spacial score (nSPS) is 14.2. The second kappa shape index (κ2) is 9.02. The van der Waals surface area contributed by atoms with Crippen LogP contribution < -0.4 is 10.6 Å². The number of hydrogen-bond donors (Lipinski definition) is 2. The number of amides is 2. The van der Waals surface area contributed by atoms with Gasteiger partial charge in [-0.15, -0.1) is 23.1 Å². The van der Waals surface area contributed by atoms with Gasteiger partial charge in [0.2, 0.25) is 11.8 Å². The van der Waals surface area contributed by atoms with E-state index in [9.17, 15) is 9.59 Å². The smallest absolute Gasteiger partial charge is 0.239 e. The fourth-order valence-corrected chi connectivity index (χ4v) is 4.69. The Morgan fingerprint density at radius 2 is 1.77 bits per heavy atom. The van der Waals surface area contributed by atoms with E-state index in [-0.39, 0.29) is 23.0 Å². The van der Waals surface area contributed by atoms with E-state index in [1.165, 1.54) is 23.1 Å². The summed E-state index contributed by atoms with van der Waals surface area (Å²) in [6.45, 7) is 3.89. The summed E-state index contributed by atoms with van der Waals surface area (Å²) in [6.07, 6.45) is 1.97. The Morgan fingerprint density at radius 3 is 2.43 bits per heavy atom. The van der Waals surface area contributed by atoms with Gasteiger partial charge in [0.15, 0.2) is 5.13 Å². The summed E-state index contributed by atoms with van der Waals surface area (Å²) in [5.41, 5.74) is 2.74. The van der Waals surface area contributed by atoms with Crippen LogP contribution in [0.25, 0.3) is 11.3 Å². The molecule has 1 saturated carbocycles. The Kier molecular flexibility index (Phi) is 6.20. The summed E-state index contributed by atoms with van der Waals surface area (Å²) in [5, 5.41) is 6.20. The standard InChI is InChI=1S/C23H23N3O2S2/c1-14-20(16-6-4-3-5-7-16)25-23(30-14)26-21(27)15(2)29-19-12-10-18(11-13-19)24-22(28)17-8-9-17/h3-7,10-13,15,17H,8-9H2,1-2H3,(H,24,28)(H,25,26,27). The van der Waals surface area contributed by atoms with E-state index in [4.69, 9.17) is 0 Å². The topological polar surface area (TPSA) is 71.1 Å². The lowest BCUT2D eigenvalue weighted by atomic mass is 10.1. The van der Waals surface area contributed by atoms with Gasteiger partial charge in [-0.25, -0.2) is 4.98 Å². The van der Waals surface area contributed by atoms with Crippen LogP contribution in [-0.2, 0) is 9.59 Å². The lowest BCUT2D eigenvalue weighted by Crippen LogP contribution is -2.22. The molecule has 5 nitrogen and oxygen atoms in total. The highest BCUT2D eigenvalue weighted by Crippen LogP contribution is 2.32. The first-order valence-electron chi connectivity index (χ1n) is 9.91. The highest BCUT2D eigenvalue weighted by atomic mass is 32.2. The van der Waals surface area contributed by atoms with E-state index in [1.54, 1.807) is 0 Å². The summed E-state index contributed by atoms with van der Waals surface area (Å²) in [7, 11) is 0. The number of hydrogen-bond acceptors (Lipinski definition) is 5. The first kappa shape index (κ1) is 20.6. The summed E-state index contributed by atoms with van der Waals surface area (Å²) in [5.74, 6) is 0.191. The van der Waals surface area contributed by atoms with E-state index in [0.717, 1.165) is 39.6 Å². The van der Waals surface area contributed by atoms with Crippen molar-refractivity contribution in [1.82, 2.24) is 4.98 Å². The van der Waals surface area contributed by atoms with E-state index >= 15 is 0 Å². The number of aryl methyl sites for hydroxylation is 1. The van der Waals surface area contributed by atoms with Crippen LogP contribution in [0, 0.1) is 12.8 Å². The largest absolute Gasteiger partial charge is 0.326 e. The Morgan fingerprint density at radius 1 is 1.07 bits per heavy atom. The number of aromatic nitrogens is 1. The number of rotatable bonds is 7. The maximum absolute atomic E-state index is 12.6. The van der Waals surface area contributed by atoms with Crippen molar-refractivity contribution in [2.24, 2.45) is 5.92 Å². The van der Waals surface area contributed by atoms with Crippen LogP contribution in [0.4, 0.5) is 10.8 Å². The summed E-state index contributed by atoms with van der Waals surface area (Å²) >= 11 is 2.96. The molecule has 0 aliphatic heterocycles. The first-order valence-corrected chi connectivity index (χ1v) is 11.6. The lowest BCUT2D eigenvalue weighted by Gasteiger charge is -2.11. The molecule has 2 N–H and O–H groups in total. The molecule has 1 atom stereocenters. The zero-order chi connectivity index (χ0) is 21.1. The van der Waals surface area contributed by atoms with Crippen LogP contribution in [0.2, 0.25) is 0 Å². The third-order valence-corrected chi connectivity index (χ3v) is 6.82. The van der Waals surface area contributed by atoms with Crippen molar-refractivity contribution >= 4 is 45.7 Å². The van der Waals surface area contributed by atoms with Gasteiger partial charge in [0.1, 0.15) is 0 Å². The minimum atomic E-state index is -0.277. The number of nitrogens with one attached hydrogen (secondary N) is 2. The average molecular weight is 438 g/mol. The molecule has 0 radical (unpaired) electrons. The molecule has 1 aromatic heterocycles. The van der Waals surface area contributed by atoms with Crippen molar-refractivity contribution < 1.29 is 9.59 Å². The molecule has 2 amide bonds. The molecule has 3 aromatic rings. The van der Waals surface area contributed by atoms with E-state index < -0.39 is 0 Å². The van der Waals surface area contributed by atoms with E-state index in [0.29, 0.717) is 5.13 Å². The number of carbonyl (C=O) groups is 2. The summed E-state index contributed by atoms with van der Waals surface area (Å²) < 4.78 is 0. The molecular formula is C23H23N3O2S2. The predicted octanol–water partition coefficient (Wildman–Crippen LogP) is 5.59. The van der Waals surface area contributed by atoms with Crippen LogP contribution in [0.3, 0.4) is 0 Å².